The van der Waals surface area contributed by atoms with Gasteiger partial charge in [-0.1, -0.05) is 12.1 Å². The average Bonchev–Trinajstić information content (AvgIpc) is 2.05. The van der Waals surface area contributed by atoms with Gasteiger partial charge in [0.15, 0.2) is 9.84 Å². The molecule has 3 nitrogen and oxygen atoms in total. The fourth-order valence-corrected chi connectivity index (χ4v) is 3.53. The summed E-state index contributed by atoms with van der Waals surface area (Å²) in [5.74, 6) is 0.184. The summed E-state index contributed by atoms with van der Waals surface area (Å²) in [7, 11) is -3.08. The summed E-state index contributed by atoms with van der Waals surface area (Å²) >= 11 is 0. The number of nitrogens with one attached hydrogen (secondary N) is 1. The first-order valence-corrected chi connectivity index (χ1v) is 6.25. The lowest BCUT2D eigenvalue weighted by Crippen LogP contribution is -2.32. The molecule has 1 aromatic carbocycles. The molecular weight excluding hydrogens is 198 g/mol. The molecule has 0 bridgehead atoms. The second kappa shape index (κ2) is 2.98. The van der Waals surface area contributed by atoms with Crippen LogP contribution in [0.4, 0.5) is 5.69 Å². The zero-order valence-electron chi connectivity index (χ0n) is 8.24. The summed E-state index contributed by atoms with van der Waals surface area (Å²) in [6.07, 6.45) is 0. The lowest BCUT2D eigenvalue weighted by Gasteiger charge is -2.25. The first-order chi connectivity index (χ1) is 6.50. The summed E-state index contributed by atoms with van der Waals surface area (Å²) < 4.78 is 23.6. The summed E-state index contributed by atoms with van der Waals surface area (Å²) in [6, 6.07) is 5.35. The largest absolute Gasteiger partial charge is 0.380 e. The maximum atomic E-state index is 11.8. The molecule has 1 heterocycles. The Bertz CT molecular complexity index is 465. The molecular formula is C10H13NO2S. The number of benzene rings is 1. The Kier molecular flexibility index (Phi) is 2.03. The number of hydrogen-bond acceptors (Lipinski definition) is 3. The third-order valence-corrected chi connectivity index (χ3v) is 4.38. The minimum absolute atomic E-state index is 0.00593. The molecule has 0 aliphatic carbocycles. The van der Waals surface area contributed by atoms with Gasteiger partial charge in [-0.05, 0) is 25.5 Å². The van der Waals surface area contributed by atoms with E-state index in [-0.39, 0.29) is 11.8 Å². The smallest absolute Gasteiger partial charge is 0.182 e. The predicted octanol–water partition coefficient (Wildman–Crippen LogP) is 1.58. The molecule has 0 fully saturated rings. The van der Waals surface area contributed by atoms with Gasteiger partial charge in [-0.25, -0.2) is 8.42 Å². The summed E-state index contributed by atoms with van der Waals surface area (Å²) in [5, 5.41) is 3.20. The third-order valence-electron chi connectivity index (χ3n) is 2.43. The van der Waals surface area contributed by atoms with Crippen LogP contribution in [-0.2, 0) is 9.84 Å². The topological polar surface area (TPSA) is 46.2 Å². The minimum atomic E-state index is -3.08. The van der Waals surface area contributed by atoms with Crippen molar-refractivity contribution >= 4 is 15.5 Å². The zero-order valence-corrected chi connectivity index (χ0v) is 9.06. The van der Waals surface area contributed by atoms with Crippen LogP contribution in [0.1, 0.15) is 12.5 Å². The van der Waals surface area contributed by atoms with Crippen molar-refractivity contribution in [2.45, 2.75) is 24.8 Å². The summed E-state index contributed by atoms with van der Waals surface area (Å²) in [4.78, 5) is 0.440. The van der Waals surface area contributed by atoms with E-state index in [4.69, 9.17) is 0 Å². The number of fused-ring (bicyclic) bond motifs is 1. The van der Waals surface area contributed by atoms with E-state index in [1.54, 1.807) is 12.1 Å². The van der Waals surface area contributed by atoms with Crippen molar-refractivity contribution in [1.82, 2.24) is 0 Å². The van der Waals surface area contributed by atoms with Gasteiger partial charge in [0, 0.05) is 6.04 Å². The average molecular weight is 211 g/mol. The molecule has 2 rings (SSSR count). The van der Waals surface area contributed by atoms with Gasteiger partial charge in [0.1, 0.15) is 0 Å². The van der Waals surface area contributed by atoms with Crippen molar-refractivity contribution in [3.8, 4) is 0 Å². The maximum absolute atomic E-state index is 11.8. The van der Waals surface area contributed by atoms with Gasteiger partial charge in [0.2, 0.25) is 0 Å². The minimum Gasteiger partial charge on any atom is -0.380 e. The number of sulfone groups is 1. The Morgan fingerprint density at radius 1 is 1.43 bits per heavy atom. The zero-order chi connectivity index (χ0) is 10.3. The Morgan fingerprint density at radius 2 is 2.14 bits per heavy atom. The highest BCUT2D eigenvalue weighted by molar-refractivity contribution is 7.91. The number of anilines is 1. The molecule has 76 valence electrons. The van der Waals surface area contributed by atoms with E-state index in [9.17, 15) is 8.42 Å². The molecule has 1 aliphatic rings. The Balaban J connectivity index is 2.69. The molecule has 14 heavy (non-hydrogen) atoms. The molecule has 0 saturated carbocycles. The molecule has 0 aromatic heterocycles. The fraction of sp³-hybridized carbons (Fsp3) is 0.400. The quantitative estimate of drug-likeness (QED) is 0.708. The van der Waals surface area contributed by atoms with Gasteiger partial charge < -0.3 is 5.32 Å². The van der Waals surface area contributed by atoms with E-state index in [1.807, 2.05) is 19.9 Å². The SMILES string of the molecule is Cc1cccc2c1NC(C)CS2(=O)=O. The van der Waals surface area contributed by atoms with Crippen LogP contribution in [0.3, 0.4) is 0 Å². The number of hydrogen-bond donors (Lipinski definition) is 1. The lowest BCUT2D eigenvalue weighted by atomic mass is 10.2. The first-order valence-electron chi connectivity index (χ1n) is 4.59. The monoisotopic (exact) mass is 211 g/mol. The third kappa shape index (κ3) is 1.39. The van der Waals surface area contributed by atoms with Crippen LogP contribution >= 0.6 is 0 Å². The van der Waals surface area contributed by atoms with E-state index in [2.05, 4.69) is 5.32 Å². The van der Waals surface area contributed by atoms with Crippen LogP contribution < -0.4 is 5.32 Å². The van der Waals surface area contributed by atoms with Gasteiger partial charge in [-0.3, -0.25) is 0 Å². The fourth-order valence-electron chi connectivity index (χ4n) is 1.79. The second-order valence-corrected chi connectivity index (χ2v) is 5.78. The standard InChI is InChI=1S/C10H13NO2S/c1-7-4-3-5-9-10(7)11-8(2)6-14(9,12)13/h3-5,8,11H,6H2,1-2H3. The molecule has 1 atom stereocenters. The van der Waals surface area contributed by atoms with Gasteiger partial charge >= 0.3 is 0 Å². The Morgan fingerprint density at radius 3 is 2.86 bits per heavy atom. The Hall–Kier alpha value is -1.03. The molecule has 1 aromatic rings. The van der Waals surface area contributed by atoms with Crippen molar-refractivity contribution < 1.29 is 8.42 Å². The van der Waals surface area contributed by atoms with Crippen molar-refractivity contribution in [3.63, 3.8) is 0 Å². The van der Waals surface area contributed by atoms with Gasteiger partial charge in [-0.15, -0.1) is 0 Å². The Labute approximate surface area is 84.1 Å². The molecule has 0 radical (unpaired) electrons. The molecule has 1 aliphatic heterocycles. The summed E-state index contributed by atoms with van der Waals surface area (Å²) in [5.41, 5.74) is 1.75. The summed E-state index contributed by atoms with van der Waals surface area (Å²) in [6.45, 7) is 3.80. The van der Waals surface area contributed by atoms with Gasteiger partial charge in [0.05, 0.1) is 16.3 Å². The number of para-hydroxylation sites is 1. The first kappa shape index (κ1) is 9.52. The molecule has 4 heteroatoms. The van der Waals surface area contributed by atoms with E-state index in [0.29, 0.717) is 4.90 Å². The number of rotatable bonds is 0. The van der Waals surface area contributed by atoms with Crippen LogP contribution in [0.5, 0.6) is 0 Å². The van der Waals surface area contributed by atoms with Crippen LogP contribution in [0.2, 0.25) is 0 Å². The lowest BCUT2D eigenvalue weighted by molar-refractivity contribution is 0.588. The highest BCUT2D eigenvalue weighted by atomic mass is 32.2. The van der Waals surface area contributed by atoms with Crippen molar-refractivity contribution in [3.05, 3.63) is 23.8 Å². The van der Waals surface area contributed by atoms with Crippen LogP contribution in [-0.4, -0.2) is 20.2 Å². The van der Waals surface area contributed by atoms with E-state index in [0.717, 1.165) is 11.3 Å². The molecule has 0 saturated heterocycles. The molecule has 0 spiro atoms. The number of aryl methyl sites for hydroxylation is 1. The van der Waals surface area contributed by atoms with Crippen LogP contribution in [0, 0.1) is 6.92 Å². The van der Waals surface area contributed by atoms with Gasteiger partial charge in [0.25, 0.3) is 0 Å². The van der Waals surface area contributed by atoms with Crippen LogP contribution in [0.25, 0.3) is 0 Å². The van der Waals surface area contributed by atoms with Crippen molar-refractivity contribution in [1.29, 1.82) is 0 Å². The van der Waals surface area contributed by atoms with Crippen molar-refractivity contribution in [2.75, 3.05) is 11.1 Å². The normalized spacial score (nSPS) is 23.7. The van der Waals surface area contributed by atoms with Crippen LogP contribution in [0.15, 0.2) is 23.1 Å². The molecule has 0 amide bonds. The highest BCUT2D eigenvalue weighted by Gasteiger charge is 2.28. The van der Waals surface area contributed by atoms with E-state index >= 15 is 0 Å². The second-order valence-electron chi connectivity index (χ2n) is 3.77. The van der Waals surface area contributed by atoms with E-state index < -0.39 is 9.84 Å². The maximum Gasteiger partial charge on any atom is 0.182 e. The van der Waals surface area contributed by atoms with E-state index in [1.165, 1.54) is 0 Å². The van der Waals surface area contributed by atoms with Gasteiger partial charge in [-0.2, -0.15) is 0 Å². The van der Waals surface area contributed by atoms with Crippen molar-refractivity contribution in [2.24, 2.45) is 0 Å². The molecule has 1 unspecified atom stereocenters. The highest BCUT2D eigenvalue weighted by Crippen LogP contribution is 2.30. The molecule has 1 N–H and O–H groups in total. The predicted molar refractivity (Wildman–Crippen MR) is 56.3 cm³/mol.